The molecule has 0 rings (SSSR count). The monoisotopic (exact) mass is 318 g/mol. The average Bonchev–Trinajstić information content (AvgIpc) is 2.49. The average molecular weight is 318 g/mol. The summed E-state index contributed by atoms with van der Waals surface area (Å²) in [7, 11) is 1.61. The molecule has 0 fully saturated rings. The van der Waals surface area contributed by atoms with Crippen molar-refractivity contribution in [2.45, 2.75) is 20.3 Å². The first-order chi connectivity index (χ1) is 10.5. The molecular formula is C18H26N2OS. The van der Waals surface area contributed by atoms with Gasteiger partial charge in [0.1, 0.15) is 5.76 Å². The Balaban J connectivity index is 4.86. The van der Waals surface area contributed by atoms with E-state index in [2.05, 4.69) is 42.9 Å². The van der Waals surface area contributed by atoms with Gasteiger partial charge in [0.05, 0.1) is 12.1 Å². The van der Waals surface area contributed by atoms with Crippen LogP contribution in [-0.2, 0) is 4.74 Å². The Hall–Kier alpha value is -2.07. The van der Waals surface area contributed by atoms with Crippen LogP contribution in [-0.4, -0.2) is 18.6 Å². The number of hydrogen-bond donors (Lipinski definition) is 2. The number of ether oxygens (including phenoxy) is 1. The number of rotatable bonds is 10. The van der Waals surface area contributed by atoms with E-state index in [9.17, 15) is 0 Å². The van der Waals surface area contributed by atoms with Gasteiger partial charge in [-0.05, 0) is 37.1 Å². The molecule has 0 saturated heterocycles. The van der Waals surface area contributed by atoms with Gasteiger partial charge in [-0.2, -0.15) is 0 Å². The molecule has 0 amide bonds. The van der Waals surface area contributed by atoms with Crippen LogP contribution in [0, 0.1) is 0 Å². The summed E-state index contributed by atoms with van der Waals surface area (Å²) >= 11 is 4.96. The van der Waals surface area contributed by atoms with Crippen molar-refractivity contribution in [3.8, 4) is 0 Å². The normalized spacial score (nSPS) is 12.5. The van der Waals surface area contributed by atoms with Crippen molar-refractivity contribution >= 4 is 17.2 Å². The smallest absolute Gasteiger partial charge is 0.112 e. The summed E-state index contributed by atoms with van der Waals surface area (Å²) in [4.78, 5) is 0.720. The zero-order chi connectivity index (χ0) is 16.8. The lowest BCUT2D eigenvalue weighted by Gasteiger charge is -2.09. The maximum Gasteiger partial charge on any atom is 0.112 e. The number of allylic oxidation sites excluding steroid dienone is 5. The summed E-state index contributed by atoms with van der Waals surface area (Å²) in [5.41, 5.74) is 2.01. The lowest BCUT2D eigenvalue weighted by molar-refractivity contribution is 0.308. The molecule has 0 aromatic carbocycles. The van der Waals surface area contributed by atoms with Crippen LogP contribution in [0.4, 0.5) is 0 Å². The molecule has 3 nitrogen and oxygen atoms in total. The summed E-state index contributed by atoms with van der Waals surface area (Å²) in [5, 5.41) is 6.31. The molecule has 2 N–H and O–H groups in total. The standard InChI is InChI=1S/C18H26N2OS/c1-6-8-10-17(13-15(3)21-5)14-20-18(9-7-2)11-12-19-16(4)22/h7-13,20H,2-3,6,14H2,1,4-5H3,(H,19,22)/b10-8-,12-11+,17-13+,18-9+. The van der Waals surface area contributed by atoms with E-state index in [1.54, 1.807) is 19.4 Å². The molecule has 0 saturated carbocycles. The van der Waals surface area contributed by atoms with Crippen LogP contribution in [0.2, 0.25) is 0 Å². The second kappa shape index (κ2) is 12.7. The number of methoxy groups -OCH3 is 1. The highest BCUT2D eigenvalue weighted by Gasteiger charge is 1.97. The second-order valence-corrected chi connectivity index (χ2v) is 5.06. The molecule has 4 heteroatoms. The fourth-order valence-corrected chi connectivity index (χ4v) is 1.51. The highest BCUT2D eigenvalue weighted by atomic mass is 32.1. The van der Waals surface area contributed by atoms with Crippen LogP contribution < -0.4 is 10.6 Å². The van der Waals surface area contributed by atoms with E-state index >= 15 is 0 Å². The van der Waals surface area contributed by atoms with E-state index < -0.39 is 0 Å². The lowest BCUT2D eigenvalue weighted by Crippen LogP contribution is -2.16. The first-order valence-corrected chi connectivity index (χ1v) is 7.54. The van der Waals surface area contributed by atoms with Crippen LogP contribution >= 0.6 is 12.2 Å². The Morgan fingerprint density at radius 3 is 2.59 bits per heavy atom. The first kappa shape index (κ1) is 19.9. The Morgan fingerprint density at radius 1 is 1.32 bits per heavy atom. The number of hydrogen-bond acceptors (Lipinski definition) is 3. The van der Waals surface area contributed by atoms with Crippen molar-refractivity contribution in [2.75, 3.05) is 13.7 Å². The first-order valence-electron chi connectivity index (χ1n) is 7.13. The molecule has 0 radical (unpaired) electrons. The Kier molecular flexibility index (Phi) is 11.5. The zero-order valence-corrected chi connectivity index (χ0v) is 14.5. The molecule has 0 bridgehead atoms. The largest absolute Gasteiger partial charge is 0.497 e. The topological polar surface area (TPSA) is 33.3 Å². The Morgan fingerprint density at radius 2 is 2.05 bits per heavy atom. The van der Waals surface area contributed by atoms with Crippen molar-refractivity contribution in [1.82, 2.24) is 10.6 Å². The Labute approximate surface area is 139 Å². The molecule has 0 aromatic heterocycles. The minimum Gasteiger partial charge on any atom is -0.497 e. The highest BCUT2D eigenvalue weighted by molar-refractivity contribution is 7.80. The van der Waals surface area contributed by atoms with Gasteiger partial charge >= 0.3 is 0 Å². The molecule has 0 aliphatic carbocycles. The van der Waals surface area contributed by atoms with Crippen LogP contribution in [0.5, 0.6) is 0 Å². The molecule has 0 heterocycles. The van der Waals surface area contributed by atoms with Gasteiger partial charge in [0, 0.05) is 18.4 Å². The van der Waals surface area contributed by atoms with E-state index in [0.717, 1.165) is 22.7 Å². The summed E-state index contributed by atoms with van der Waals surface area (Å²) in [6.07, 6.45) is 14.4. The van der Waals surface area contributed by atoms with E-state index in [1.807, 2.05) is 25.2 Å². The van der Waals surface area contributed by atoms with Gasteiger partial charge in [-0.1, -0.05) is 50.5 Å². The van der Waals surface area contributed by atoms with Crippen LogP contribution in [0.1, 0.15) is 20.3 Å². The highest BCUT2D eigenvalue weighted by Crippen LogP contribution is 2.05. The Bertz CT molecular complexity index is 499. The van der Waals surface area contributed by atoms with Gasteiger partial charge in [0.25, 0.3) is 0 Å². The summed E-state index contributed by atoms with van der Waals surface area (Å²) in [5.74, 6) is 0.625. The minimum absolute atomic E-state index is 0.625. The van der Waals surface area contributed by atoms with E-state index in [-0.39, 0.29) is 0 Å². The molecule has 0 atom stereocenters. The van der Waals surface area contributed by atoms with Crippen LogP contribution in [0.25, 0.3) is 0 Å². The second-order valence-electron chi connectivity index (χ2n) is 4.45. The van der Waals surface area contributed by atoms with E-state index in [4.69, 9.17) is 17.0 Å². The van der Waals surface area contributed by atoms with Crippen LogP contribution in [0.3, 0.4) is 0 Å². The molecule has 0 aliphatic rings. The van der Waals surface area contributed by atoms with E-state index in [1.165, 1.54) is 0 Å². The summed E-state index contributed by atoms with van der Waals surface area (Å²) in [6, 6.07) is 0. The van der Waals surface area contributed by atoms with Gasteiger partial charge in [-0.3, -0.25) is 0 Å². The number of nitrogens with one attached hydrogen (secondary N) is 2. The third-order valence-corrected chi connectivity index (χ3v) is 2.64. The van der Waals surface area contributed by atoms with Crippen molar-refractivity contribution in [2.24, 2.45) is 0 Å². The molecule has 0 aliphatic heterocycles. The molecule has 22 heavy (non-hydrogen) atoms. The van der Waals surface area contributed by atoms with E-state index in [0.29, 0.717) is 12.3 Å². The third kappa shape index (κ3) is 10.7. The van der Waals surface area contributed by atoms with Crippen molar-refractivity contribution in [1.29, 1.82) is 0 Å². The lowest BCUT2D eigenvalue weighted by atomic mass is 10.2. The maximum absolute atomic E-state index is 5.10. The third-order valence-electron chi connectivity index (χ3n) is 2.52. The fourth-order valence-electron chi connectivity index (χ4n) is 1.45. The molecule has 0 unspecified atom stereocenters. The van der Waals surface area contributed by atoms with Crippen molar-refractivity contribution in [3.63, 3.8) is 0 Å². The molecule has 120 valence electrons. The van der Waals surface area contributed by atoms with Gasteiger partial charge in [-0.25, -0.2) is 0 Å². The van der Waals surface area contributed by atoms with Gasteiger partial charge in [0.15, 0.2) is 0 Å². The molecular weight excluding hydrogens is 292 g/mol. The SMILES string of the molecule is C=C/C=C(\C=C\NC(C)=S)NCC(/C=C\CC)=C/C(=C)OC. The number of thiocarbonyl (C=S) groups is 1. The zero-order valence-electron chi connectivity index (χ0n) is 13.7. The quantitative estimate of drug-likeness (QED) is 0.360. The van der Waals surface area contributed by atoms with Crippen LogP contribution in [0.15, 0.2) is 72.8 Å². The van der Waals surface area contributed by atoms with Crippen molar-refractivity contribution in [3.05, 3.63) is 72.8 Å². The predicted octanol–water partition coefficient (Wildman–Crippen LogP) is 4.15. The summed E-state index contributed by atoms with van der Waals surface area (Å²) < 4.78 is 5.10. The predicted molar refractivity (Wildman–Crippen MR) is 100 cm³/mol. The maximum atomic E-state index is 5.10. The summed E-state index contributed by atoms with van der Waals surface area (Å²) in [6.45, 7) is 12.1. The van der Waals surface area contributed by atoms with Gasteiger partial charge < -0.3 is 15.4 Å². The van der Waals surface area contributed by atoms with Gasteiger partial charge in [0.2, 0.25) is 0 Å². The molecule has 0 aromatic rings. The molecule has 0 spiro atoms. The minimum atomic E-state index is 0.625. The fraction of sp³-hybridized carbons (Fsp3) is 0.278. The van der Waals surface area contributed by atoms with Gasteiger partial charge in [-0.15, -0.1) is 0 Å². The van der Waals surface area contributed by atoms with Crippen molar-refractivity contribution < 1.29 is 4.74 Å².